The van der Waals surface area contributed by atoms with Crippen LogP contribution in [0.15, 0.2) is 24.4 Å². The number of aromatic nitrogens is 1. The SMILES string of the molecule is CCc1c(-c2ccc(C)c([N+](=O)[O-])c2)ncc(N)c1C(=O)O. The number of nitrogen functional groups attached to an aromatic ring is 1. The van der Waals surface area contributed by atoms with Gasteiger partial charge in [0, 0.05) is 17.2 Å². The van der Waals surface area contributed by atoms with Crippen molar-refractivity contribution >= 4 is 17.3 Å². The molecule has 0 spiro atoms. The van der Waals surface area contributed by atoms with Gasteiger partial charge in [0.25, 0.3) is 5.69 Å². The number of carboxylic acids is 1. The molecule has 7 heteroatoms. The third kappa shape index (κ3) is 2.60. The number of carboxylic acid groups (broad SMARTS) is 1. The van der Waals surface area contributed by atoms with Crippen molar-refractivity contribution in [3.63, 3.8) is 0 Å². The maximum atomic E-state index is 11.4. The second kappa shape index (κ2) is 5.80. The van der Waals surface area contributed by atoms with Crippen LogP contribution >= 0.6 is 0 Å². The zero-order valence-electron chi connectivity index (χ0n) is 12.2. The molecule has 1 aromatic heterocycles. The van der Waals surface area contributed by atoms with E-state index in [1.807, 2.05) is 0 Å². The molecule has 7 nitrogen and oxygen atoms in total. The smallest absolute Gasteiger partial charge is 0.338 e. The monoisotopic (exact) mass is 301 g/mol. The molecule has 0 amide bonds. The predicted molar refractivity (Wildman–Crippen MR) is 81.8 cm³/mol. The first kappa shape index (κ1) is 15.4. The quantitative estimate of drug-likeness (QED) is 0.662. The number of pyridine rings is 1. The number of benzene rings is 1. The maximum Gasteiger partial charge on any atom is 0.338 e. The summed E-state index contributed by atoms with van der Waals surface area (Å²) in [6, 6.07) is 4.70. The van der Waals surface area contributed by atoms with Crippen molar-refractivity contribution < 1.29 is 14.8 Å². The molecule has 0 aliphatic heterocycles. The number of nitrogens with two attached hydrogens (primary N) is 1. The zero-order valence-corrected chi connectivity index (χ0v) is 12.2. The molecule has 0 aliphatic rings. The summed E-state index contributed by atoms with van der Waals surface area (Å²) >= 11 is 0. The third-order valence-corrected chi connectivity index (χ3v) is 3.46. The van der Waals surface area contributed by atoms with E-state index in [0.29, 0.717) is 28.8 Å². The average Bonchev–Trinajstić information content (AvgIpc) is 2.46. The number of aryl methyl sites for hydroxylation is 1. The van der Waals surface area contributed by atoms with Gasteiger partial charge >= 0.3 is 5.97 Å². The summed E-state index contributed by atoms with van der Waals surface area (Å²) in [5.74, 6) is -1.14. The molecule has 22 heavy (non-hydrogen) atoms. The van der Waals surface area contributed by atoms with Crippen molar-refractivity contribution in [2.75, 3.05) is 5.73 Å². The number of anilines is 1. The normalized spacial score (nSPS) is 10.5. The first-order valence-electron chi connectivity index (χ1n) is 6.62. The van der Waals surface area contributed by atoms with Crippen LogP contribution < -0.4 is 5.73 Å². The molecular weight excluding hydrogens is 286 g/mol. The van der Waals surface area contributed by atoms with Crippen LogP contribution in [0, 0.1) is 17.0 Å². The van der Waals surface area contributed by atoms with Crippen molar-refractivity contribution in [1.29, 1.82) is 0 Å². The van der Waals surface area contributed by atoms with Crippen LogP contribution in [0.2, 0.25) is 0 Å². The summed E-state index contributed by atoms with van der Waals surface area (Å²) in [6.45, 7) is 3.43. The molecule has 0 saturated carbocycles. The van der Waals surface area contributed by atoms with Crippen LogP contribution in [-0.2, 0) is 6.42 Å². The minimum atomic E-state index is -1.14. The minimum absolute atomic E-state index is 0.00396. The van der Waals surface area contributed by atoms with Crippen molar-refractivity contribution in [3.8, 4) is 11.3 Å². The molecule has 0 fully saturated rings. The van der Waals surface area contributed by atoms with Gasteiger partial charge in [0.05, 0.1) is 28.1 Å². The van der Waals surface area contributed by atoms with Gasteiger partial charge in [-0.15, -0.1) is 0 Å². The molecular formula is C15H15N3O4. The van der Waals surface area contributed by atoms with E-state index < -0.39 is 10.9 Å². The fourth-order valence-electron chi connectivity index (χ4n) is 2.37. The summed E-state index contributed by atoms with van der Waals surface area (Å²) in [5.41, 5.74) is 7.63. The third-order valence-electron chi connectivity index (χ3n) is 3.46. The lowest BCUT2D eigenvalue weighted by molar-refractivity contribution is -0.385. The molecule has 2 aromatic rings. The van der Waals surface area contributed by atoms with Gasteiger partial charge in [-0.3, -0.25) is 15.1 Å². The van der Waals surface area contributed by atoms with Crippen LogP contribution in [0.1, 0.15) is 28.4 Å². The Kier molecular flexibility index (Phi) is 4.07. The van der Waals surface area contributed by atoms with Crippen LogP contribution in [0.3, 0.4) is 0 Å². The lowest BCUT2D eigenvalue weighted by Gasteiger charge is -2.12. The molecule has 0 unspecified atom stereocenters. The fraction of sp³-hybridized carbons (Fsp3) is 0.200. The lowest BCUT2D eigenvalue weighted by Crippen LogP contribution is -2.09. The number of nitrogens with zero attached hydrogens (tertiary/aromatic N) is 2. The minimum Gasteiger partial charge on any atom is -0.478 e. The lowest BCUT2D eigenvalue weighted by atomic mass is 9.97. The number of hydrogen-bond acceptors (Lipinski definition) is 5. The second-order valence-electron chi connectivity index (χ2n) is 4.83. The van der Waals surface area contributed by atoms with E-state index in [0.717, 1.165) is 0 Å². The molecule has 0 saturated heterocycles. The Bertz CT molecular complexity index is 772. The summed E-state index contributed by atoms with van der Waals surface area (Å²) in [4.78, 5) is 26.2. The number of hydrogen-bond donors (Lipinski definition) is 2. The van der Waals surface area contributed by atoms with Crippen molar-refractivity contribution in [3.05, 3.63) is 51.2 Å². The Morgan fingerprint density at radius 1 is 1.45 bits per heavy atom. The Morgan fingerprint density at radius 3 is 2.68 bits per heavy atom. The Balaban J connectivity index is 2.73. The van der Waals surface area contributed by atoms with Crippen molar-refractivity contribution in [2.45, 2.75) is 20.3 Å². The highest BCUT2D eigenvalue weighted by atomic mass is 16.6. The fourth-order valence-corrected chi connectivity index (χ4v) is 2.37. The molecule has 0 atom stereocenters. The Labute approximate surface area is 126 Å². The molecule has 1 heterocycles. The molecule has 114 valence electrons. The van der Waals surface area contributed by atoms with E-state index in [9.17, 15) is 20.0 Å². The molecule has 0 aliphatic carbocycles. The molecule has 3 N–H and O–H groups in total. The number of rotatable bonds is 4. The van der Waals surface area contributed by atoms with Gasteiger partial charge in [0.1, 0.15) is 0 Å². The number of nitro benzene ring substituents is 1. The second-order valence-corrected chi connectivity index (χ2v) is 4.83. The first-order chi connectivity index (χ1) is 10.4. The topological polar surface area (TPSA) is 119 Å². The zero-order chi connectivity index (χ0) is 16.4. The largest absolute Gasteiger partial charge is 0.478 e. The van der Waals surface area contributed by atoms with E-state index in [2.05, 4.69) is 4.98 Å². The summed E-state index contributed by atoms with van der Waals surface area (Å²) < 4.78 is 0. The van der Waals surface area contributed by atoms with E-state index in [1.165, 1.54) is 12.3 Å². The van der Waals surface area contributed by atoms with E-state index in [4.69, 9.17) is 5.73 Å². The molecule has 2 rings (SSSR count). The highest BCUT2D eigenvalue weighted by molar-refractivity contribution is 5.97. The van der Waals surface area contributed by atoms with Gasteiger partial charge in [0.2, 0.25) is 0 Å². The van der Waals surface area contributed by atoms with E-state index in [1.54, 1.807) is 26.0 Å². The Hall–Kier alpha value is -2.96. The van der Waals surface area contributed by atoms with Crippen LogP contribution in [0.4, 0.5) is 11.4 Å². The highest BCUT2D eigenvalue weighted by Crippen LogP contribution is 2.31. The molecule has 0 bridgehead atoms. The summed E-state index contributed by atoms with van der Waals surface area (Å²) in [5, 5.41) is 20.4. The summed E-state index contributed by atoms with van der Waals surface area (Å²) in [7, 11) is 0. The van der Waals surface area contributed by atoms with Crippen LogP contribution in [0.25, 0.3) is 11.3 Å². The van der Waals surface area contributed by atoms with Crippen molar-refractivity contribution in [2.24, 2.45) is 0 Å². The Morgan fingerprint density at radius 2 is 2.14 bits per heavy atom. The van der Waals surface area contributed by atoms with Gasteiger partial charge in [-0.25, -0.2) is 4.79 Å². The van der Waals surface area contributed by atoms with Gasteiger partial charge in [-0.1, -0.05) is 19.1 Å². The highest BCUT2D eigenvalue weighted by Gasteiger charge is 2.20. The summed E-state index contributed by atoms with van der Waals surface area (Å²) in [6.07, 6.45) is 1.67. The predicted octanol–water partition coefficient (Wildman–Crippen LogP) is 2.81. The van der Waals surface area contributed by atoms with Gasteiger partial charge in [-0.05, 0) is 18.9 Å². The van der Waals surface area contributed by atoms with Gasteiger partial charge in [-0.2, -0.15) is 0 Å². The number of nitro groups is 1. The van der Waals surface area contributed by atoms with Crippen LogP contribution in [-0.4, -0.2) is 21.0 Å². The first-order valence-corrected chi connectivity index (χ1v) is 6.62. The number of carbonyl (C=O) groups is 1. The van der Waals surface area contributed by atoms with E-state index >= 15 is 0 Å². The van der Waals surface area contributed by atoms with Crippen LogP contribution in [0.5, 0.6) is 0 Å². The standard InChI is InChI=1S/C15H15N3O4/c1-3-10-13(15(19)20)11(16)7-17-14(10)9-5-4-8(2)12(6-9)18(21)22/h4-7H,3,16H2,1-2H3,(H,19,20). The van der Waals surface area contributed by atoms with Crippen molar-refractivity contribution in [1.82, 2.24) is 4.98 Å². The maximum absolute atomic E-state index is 11.4. The average molecular weight is 301 g/mol. The van der Waals surface area contributed by atoms with Gasteiger partial charge in [0.15, 0.2) is 0 Å². The molecule has 0 radical (unpaired) electrons. The molecule has 1 aromatic carbocycles. The number of aromatic carboxylic acids is 1. The van der Waals surface area contributed by atoms with E-state index in [-0.39, 0.29) is 16.9 Å². The van der Waals surface area contributed by atoms with Gasteiger partial charge < -0.3 is 10.8 Å².